The van der Waals surface area contributed by atoms with Crippen LogP contribution in [-0.2, 0) is 0 Å². The molecule has 9 heteroatoms. The van der Waals surface area contributed by atoms with Crippen molar-refractivity contribution in [2.75, 3.05) is 7.11 Å². The minimum absolute atomic E-state index is 0.0163. The van der Waals surface area contributed by atoms with E-state index in [2.05, 4.69) is 0 Å². The Kier molecular flexibility index (Phi) is 5.77. The van der Waals surface area contributed by atoms with Crippen molar-refractivity contribution in [3.63, 3.8) is 0 Å². The molecule has 0 fully saturated rings. The summed E-state index contributed by atoms with van der Waals surface area (Å²) in [6, 6.07) is 16.3. The molecule has 0 radical (unpaired) electrons. The van der Waals surface area contributed by atoms with Crippen LogP contribution in [0, 0.1) is 17.0 Å². The van der Waals surface area contributed by atoms with E-state index in [0.717, 1.165) is 0 Å². The first-order chi connectivity index (χ1) is 15.9. The quantitative estimate of drug-likeness (QED) is 0.175. The lowest BCUT2D eigenvalue weighted by Crippen LogP contribution is -2.10. The molecule has 0 saturated heterocycles. The molecule has 0 bridgehead atoms. The van der Waals surface area contributed by atoms with Crippen LogP contribution in [-0.4, -0.2) is 18.0 Å². The lowest BCUT2D eigenvalue weighted by Gasteiger charge is -2.12. The fourth-order valence-corrected chi connectivity index (χ4v) is 3.15. The standard InChI is InChI=1S/C24H17NO8/c1-14-23(33-20-6-4-3-5-19(20)30-2)22(26)18-12-11-17(13-21(18)31-14)32-24(27)15-7-9-16(10-8-15)25(28)29/h3-13H,1-2H3. The Hall–Kier alpha value is -4.66. The van der Waals surface area contributed by atoms with Crippen LogP contribution in [0.3, 0.4) is 0 Å². The third-order valence-electron chi connectivity index (χ3n) is 4.79. The zero-order chi connectivity index (χ0) is 23.5. The number of nitro benzene ring substituents is 1. The van der Waals surface area contributed by atoms with Gasteiger partial charge in [0.15, 0.2) is 11.5 Å². The number of rotatable bonds is 6. The lowest BCUT2D eigenvalue weighted by molar-refractivity contribution is -0.384. The number of esters is 1. The Balaban J connectivity index is 1.62. The Morgan fingerprint density at radius 2 is 1.70 bits per heavy atom. The fourth-order valence-electron chi connectivity index (χ4n) is 3.15. The molecule has 0 N–H and O–H groups in total. The van der Waals surface area contributed by atoms with E-state index in [1.807, 2.05) is 0 Å². The van der Waals surface area contributed by atoms with Crippen LogP contribution < -0.4 is 19.6 Å². The minimum Gasteiger partial charge on any atom is -0.493 e. The van der Waals surface area contributed by atoms with E-state index in [1.54, 1.807) is 31.2 Å². The molecule has 0 spiro atoms. The van der Waals surface area contributed by atoms with Crippen molar-refractivity contribution in [2.45, 2.75) is 6.92 Å². The Labute approximate surface area is 186 Å². The highest BCUT2D eigenvalue weighted by Gasteiger charge is 2.17. The first-order valence-corrected chi connectivity index (χ1v) is 9.72. The maximum absolute atomic E-state index is 13.0. The van der Waals surface area contributed by atoms with Crippen LogP contribution >= 0.6 is 0 Å². The van der Waals surface area contributed by atoms with E-state index in [9.17, 15) is 19.7 Å². The average molecular weight is 447 g/mol. The van der Waals surface area contributed by atoms with E-state index in [-0.39, 0.29) is 39.5 Å². The Morgan fingerprint density at radius 3 is 2.36 bits per heavy atom. The zero-order valence-electron chi connectivity index (χ0n) is 17.6. The SMILES string of the molecule is COc1ccccc1Oc1c(C)oc2cc(OC(=O)c3ccc([N+](=O)[O-])cc3)ccc2c1=O. The third kappa shape index (κ3) is 4.38. The summed E-state index contributed by atoms with van der Waals surface area (Å²) in [5, 5.41) is 11.0. The molecule has 4 aromatic rings. The second-order valence-corrected chi connectivity index (χ2v) is 6.92. The summed E-state index contributed by atoms with van der Waals surface area (Å²) in [6.45, 7) is 1.58. The van der Waals surface area contributed by atoms with Gasteiger partial charge in [-0.15, -0.1) is 0 Å². The van der Waals surface area contributed by atoms with Gasteiger partial charge in [0.1, 0.15) is 17.1 Å². The number of para-hydroxylation sites is 2. The number of nitro groups is 1. The van der Waals surface area contributed by atoms with E-state index in [4.69, 9.17) is 18.6 Å². The second-order valence-electron chi connectivity index (χ2n) is 6.92. The van der Waals surface area contributed by atoms with Crippen LogP contribution in [0.1, 0.15) is 16.1 Å². The number of carbonyl (C=O) groups excluding carboxylic acids is 1. The Bertz CT molecular complexity index is 1420. The molecule has 1 aromatic heterocycles. The third-order valence-corrected chi connectivity index (χ3v) is 4.79. The summed E-state index contributed by atoms with van der Waals surface area (Å²) in [5.41, 5.74) is -0.189. The topological polar surface area (TPSA) is 118 Å². The molecule has 1 heterocycles. The number of non-ortho nitro benzene ring substituents is 1. The maximum Gasteiger partial charge on any atom is 0.343 e. The monoisotopic (exact) mass is 447 g/mol. The number of hydrogen-bond acceptors (Lipinski definition) is 8. The smallest absolute Gasteiger partial charge is 0.343 e. The van der Waals surface area contributed by atoms with Crippen molar-refractivity contribution in [2.24, 2.45) is 0 Å². The number of nitrogens with zero attached hydrogens (tertiary/aromatic N) is 1. The van der Waals surface area contributed by atoms with Crippen molar-refractivity contribution >= 4 is 22.6 Å². The van der Waals surface area contributed by atoms with Crippen LogP contribution in [0.25, 0.3) is 11.0 Å². The van der Waals surface area contributed by atoms with E-state index >= 15 is 0 Å². The number of fused-ring (bicyclic) bond motifs is 1. The molecule has 33 heavy (non-hydrogen) atoms. The van der Waals surface area contributed by atoms with Gasteiger partial charge in [-0.1, -0.05) is 12.1 Å². The largest absolute Gasteiger partial charge is 0.493 e. The van der Waals surface area contributed by atoms with Crippen molar-refractivity contribution in [3.8, 4) is 23.0 Å². The highest BCUT2D eigenvalue weighted by atomic mass is 16.6. The van der Waals surface area contributed by atoms with Gasteiger partial charge in [0, 0.05) is 18.2 Å². The maximum atomic E-state index is 13.0. The first-order valence-electron chi connectivity index (χ1n) is 9.72. The summed E-state index contributed by atoms with van der Waals surface area (Å²) in [5.74, 6) is 0.513. The molecule has 0 aliphatic carbocycles. The van der Waals surface area contributed by atoms with Crippen LogP contribution in [0.4, 0.5) is 5.69 Å². The normalized spacial score (nSPS) is 10.6. The summed E-state index contributed by atoms with van der Waals surface area (Å²) >= 11 is 0. The van der Waals surface area contributed by atoms with Crippen molar-refractivity contribution in [3.05, 3.63) is 98.4 Å². The van der Waals surface area contributed by atoms with Gasteiger partial charge in [0.05, 0.1) is 23.0 Å². The van der Waals surface area contributed by atoms with Gasteiger partial charge >= 0.3 is 5.97 Å². The van der Waals surface area contributed by atoms with Crippen LogP contribution in [0.2, 0.25) is 0 Å². The summed E-state index contributed by atoms with van der Waals surface area (Å²) < 4.78 is 22.1. The summed E-state index contributed by atoms with van der Waals surface area (Å²) in [6.07, 6.45) is 0. The van der Waals surface area contributed by atoms with Crippen LogP contribution in [0.5, 0.6) is 23.0 Å². The van der Waals surface area contributed by atoms with Crippen molar-refractivity contribution in [1.82, 2.24) is 0 Å². The number of benzene rings is 3. The number of ether oxygens (including phenoxy) is 3. The summed E-state index contributed by atoms with van der Waals surface area (Å²) in [4.78, 5) is 35.6. The Morgan fingerprint density at radius 1 is 1.00 bits per heavy atom. The molecule has 0 aliphatic rings. The van der Waals surface area contributed by atoms with Gasteiger partial charge in [-0.2, -0.15) is 0 Å². The average Bonchev–Trinajstić information content (AvgIpc) is 2.81. The molecule has 4 rings (SSSR count). The fraction of sp³-hybridized carbons (Fsp3) is 0.0833. The zero-order valence-corrected chi connectivity index (χ0v) is 17.6. The first kappa shape index (κ1) is 21.6. The van der Waals surface area contributed by atoms with Gasteiger partial charge in [0.25, 0.3) is 5.69 Å². The molecule has 0 unspecified atom stereocenters. The molecule has 0 aliphatic heterocycles. The van der Waals surface area contributed by atoms with Crippen molar-refractivity contribution in [1.29, 1.82) is 0 Å². The van der Waals surface area contributed by atoms with E-state index < -0.39 is 16.3 Å². The van der Waals surface area contributed by atoms with E-state index in [1.165, 1.54) is 49.6 Å². The van der Waals surface area contributed by atoms with Gasteiger partial charge in [-0.25, -0.2) is 4.79 Å². The molecule has 3 aromatic carbocycles. The number of aryl methyl sites for hydroxylation is 1. The number of methoxy groups -OCH3 is 1. The molecular formula is C24H17NO8. The molecular weight excluding hydrogens is 430 g/mol. The van der Waals surface area contributed by atoms with Crippen molar-refractivity contribution < 1.29 is 28.3 Å². The molecule has 0 atom stereocenters. The molecule has 0 saturated carbocycles. The highest BCUT2D eigenvalue weighted by Crippen LogP contribution is 2.32. The minimum atomic E-state index is -0.709. The van der Waals surface area contributed by atoms with E-state index in [0.29, 0.717) is 11.5 Å². The predicted molar refractivity (Wildman–Crippen MR) is 118 cm³/mol. The summed E-state index contributed by atoms with van der Waals surface area (Å²) in [7, 11) is 1.50. The highest BCUT2D eigenvalue weighted by molar-refractivity contribution is 5.92. The van der Waals surface area contributed by atoms with Gasteiger partial charge in [0.2, 0.25) is 11.2 Å². The number of carbonyl (C=O) groups is 1. The molecule has 0 amide bonds. The second kappa shape index (κ2) is 8.83. The number of hydrogen-bond donors (Lipinski definition) is 0. The predicted octanol–water partition coefficient (Wildman–Crippen LogP) is 5.03. The lowest BCUT2D eigenvalue weighted by atomic mass is 10.2. The van der Waals surface area contributed by atoms with Crippen LogP contribution in [0.15, 0.2) is 75.9 Å². The van der Waals surface area contributed by atoms with Gasteiger partial charge < -0.3 is 18.6 Å². The van der Waals surface area contributed by atoms with Gasteiger partial charge in [-0.3, -0.25) is 14.9 Å². The molecule has 9 nitrogen and oxygen atoms in total. The molecule has 166 valence electrons. The van der Waals surface area contributed by atoms with Gasteiger partial charge in [-0.05, 0) is 43.3 Å².